The zero-order valence-electron chi connectivity index (χ0n) is 20.6. The Bertz CT molecular complexity index is 1840. The van der Waals surface area contributed by atoms with E-state index in [4.69, 9.17) is 0 Å². The lowest BCUT2D eigenvalue weighted by atomic mass is 10.0. The largest absolute Gasteiger partial charge is 0.335 e. The van der Waals surface area contributed by atoms with Crippen molar-refractivity contribution < 1.29 is 13.2 Å². The van der Waals surface area contributed by atoms with Crippen LogP contribution in [0, 0.1) is 5.82 Å². The summed E-state index contributed by atoms with van der Waals surface area (Å²) in [7, 11) is 0. The highest BCUT2D eigenvalue weighted by molar-refractivity contribution is 5.97. The fourth-order valence-electron chi connectivity index (χ4n) is 5.23. The number of alkyl halides is 2. The molecule has 2 N–H and O–H groups in total. The van der Waals surface area contributed by atoms with Crippen LogP contribution >= 0.6 is 0 Å². The number of fused-ring (bicyclic) bond motifs is 2. The molecule has 1 aliphatic rings. The third kappa shape index (κ3) is 4.32. The minimum absolute atomic E-state index is 0.112. The zero-order valence-corrected chi connectivity index (χ0v) is 20.6. The van der Waals surface area contributed by atoms with Gasteiger partial charge in [-0.1, -0.05) is 24.3 Å². The molecule has 0 radical (unpaired) electrons. The van der Waals surface area contributed by atoms with E-state index >= 15 is 0 Å². The van der Waals surface area contributed by atoms with Crippen molar-refractivity contribution in [3.63, 3.8) is 0 Å². The maximum Gasteiger partial charge on any atom is 0.261 e. The quantitative estimate of drug-likeness (QED) is 0.280. The first-order valence-electron chi connectivity index (χ1n) is 12.6. The Kier molecular flexibility index (Phi) is 5.44. The van der Waals surface area contributed by atoms with Crippen molar-refractivity contribution in [1.82, 2.24) is 35.0 Å². The number of aromatic amines is 2. The van der Waals surface area contributed by atoms with Crippen LogP contribution < -0.4 is 0 Å². The van der Waals surface area contributed by atoms with Gasteiger partial charge in [0.25, 0.3) is 5.92 Å². The number of benzene rings is 2. The second-order valence-electron chi connectivity index (χ2n) is 9.85. The van der Waals surface area contributed by atoms with Gasteiger partial charge in [-0.2, -0.15) is 5.10 Å². The van der Waals surface area contributed by atoms with Crippen molar-refractivity contribution in [1.29, 1.82) is 0 Å². The van der Waals surface area contributed by atoms with Crippen molar-refractivity contribution in [2.24, 2.45) is 0 Å². The van der Waals surface area contributed by atoms with Crippen LogP contribution in [0.4, 0.5) is 13.2 Å². The maximum atomic E-state index is 14.6. The van der Waals surface area contributed by atoms with Crippen molar-refractivity contribution in [3.8, 4) is 33.8 Å². The van der Waals surface area contributed by atoms with E-state index in [0.717, 1.165) is 27.6 Å². The molecule has 7 nitrogen and oxygen atoms in total. The fraction of sp³-hybridized carbons (Fsp3) is 0.172. The minimum atomic E-state index is -2.63. The molecule has 0 bridgehead atoms. The summed E-state index contributed by atoms with van der Waals surface area (Å²) < 4.78 is 41.8. The van der Waals surface area contributed by atoms with Gasteiger partial charge in [-0.25, -0.2) is 23.1 Å². The minimum Gasteiger partial charge on any atom is -0.335 e. The lowest BCUT2D eigenvalue weighted by Crippen LogP contribution is -2.24. The topological polar surface area (TPSA) is 86.4 Å². The van der Waals surface area contributed by atoms with Crippen LogP contribution in [0.2, 0.25) is 0 Å². The standard InChI is InChI=1S/C29H22F3N7/c30-23-4-2-1-3-20(23)21-7-9-34-27-25(21)35-28(36-27)26-22-12-18(5-6-24(22)37-38-26)19-11-17(13-33-14-19)15-39-10-8-29(31,32)16-39/h1-7,9,11-14H,8,10,15-16H2,(H,37,38)(H,34,35,36). The third-order valence-corrected chi connectivity index (χ3v) is 7.13. The molecule has 1 aliphatic heterocycles. The molecular formula is C29H22F3N7. The Labute approximate surface area is 220 Å². The van der Waals surface area contributed by atoms with Gasteiger partial charge in [0.15, 0.2) is 11.5 Å². The molecule has 39 heavy (non-hydrogen) atoms. The SMILES string of the molecule is Fc1ccccc1-c1ccnc2nc(-c3n[nH]c4ccc(-c5cncc(CN6CCC(F)(F)C6)c5)cc34)[nH]c12. The molecule has 10 heteroatoms. The molecule has 0 amide bonds. The van der Waals surface area contributed by atoms with Gasteiger partial charge in [-0.15, -0.1) is 0 Å². The predicted molar refractivity (Wildman–Crippen MR) is 142 cm³/mol. The maximum absolute atomic E-state index is 14.6. The van der Waals surface area contributed by atoms with E-state index in [9.17, 15) is 13.2 Å². The first-order valence-corrected chi connectivity index (χ1v) is 12.6. The van der Waals surface area contributed by atoms with E-state index in [1.54, 1.807) is 47.8 Å². The molecule has 1 fully saturated rings. The molecule has 2 aromatic carbocycles. The molecule has 194 valence electrons. The summed E-state index contributed by atoms with van der Waals surface area (Å²) >= 11 is 0. The number of halogens is 3. The molecular weight excluding hydrogens is 503 g/mol. The number of hydrogen-bond donors (Lipinski definition) is 2. The summed E-state index contributed by atoms with van der Waals surface area (Å²) in [4.78, 5) is 18.4. The van der Waals surface area contributed by atoms with E-state index < -0.39 is 5.92 Å². The van der Waals surface area contributed by atoms with Crippen molar-refractivity contribution >= 4 is 22.1 Å². The van der Waals surface area contributed by atoms with Gasteiger partial charge in [0, 0.05) is 60.2 Å². The lowest BCUT2D eigenvalue weighted by molar-refractivity contribution is 0.0115. The number of pyridine rings is 2. The van der Waals surface area contributed by atoms with Gasteiger partial charge in [0.1, 0.15) is 11.5 Å². The summed E-state index contributed by atoms with van der Waals surface area (Å²) in [5.41, 5.74) is 6.29. The molecule has 6 aromatic rings. The number of nitrogens with one attached hydrogen (secondary N) is 2. The Morgan fingerprint density at radius 2 is 1.87 bits per heavy atom. The number of nitrogens with zero attached hydrogens (tertiary/aromatic N) is 5. The van der Waals surface area contributed by atoms with Crippen LogP contribution in [0.3, 0.4) is 0 Å². The van der Waals surface area contributed by atoms with E-state index in [1.807, 2.05) is 24.3 Å². The first-order chi connectivity index (χ1) is 18.9. The Morgan fingerprint density at radius 1 is 0.974 bits per heavy atom. The molecule has 0 spiro atoms. The molecule has 0 unspecified atom stereocenters. The van der Waals surface area contributed by atoms with Crippen LogP contribution in [0.5, 0.6) is 0 Å². The molecule has 4 aromatic heterocycles. The monoisotopic (exact) mass is 525 g/mol. The number of rotatable bonds is 5. The van der Waals surface area contributed by atoms with Gasteiger partial charge in [0.05, 0.1) is 17.6 Å². The Morgan fingerprint density at radius 3 is 2.72 bits per heavy atom. The number of imidazole rings is 1. The summed E-state index contributed by atoms with van der Waals surface area (Å²) in [6.07, 6.45) is 4.98. The van der Waals surface area contributed by atoms with Crippen LogP contribution in [-0.4, -0.2) is 54.0 Å². The molecule has 0 atom stereocenters. The average molecular weight is 526 g/mol. The third-order valence-electron chi connectivity index (χ3n) is 7.13. The molecule has 0 aliphatic carbocycles. The van der Waals surface area contributed by atoms with E-state index in [2.05, 4.69) is 30.1 Å². The highest BCUT2D eigenvalue weighted by Gasteiger charge is 2.37. The van der Waals surface area contributed by atoms with Crippen LogP contribution in [-0.2, 0) is 6.54 Å². The van der Waals surface area contributed by atoms with Crippen molar-refractivity contribution in [2.45, 2.75) is 18.9 Å². The highest BCUT2D eigenvalue weighted by Crippen LogP contribution is 2.34. The lowest BCUT2D eigenvalue weighted by Gasteiger charge is -2.15. The van der Waals surface area contributed by atoms with Gasteiger partial charge in [-0.05, 0) is 41.5 Å². The van der Waals surface area contributed by atoms with Crippen LogP contribution in [0.25, 0.3) is 55.8 Å². The highest BCUT2D eigenvalue weighted by atomic mass is 19.3. The molecule has 5 heterocycles. The van der Waals surface area contributed by atoms with Gasteiger partial charge in [-0.3, -0.25) is 15.0 Å². The zero-order chi connectivity index (χ0) is 26.6. The van der Waals surface area contributed by atoms with Crippen LogP contribution in [0.1, 0.15) is 12.0 Å². The molecule has 1 saturated heterocycles. The predicted octanol–water partition coefficient (Wildman–Crippen LogP) is 6.21. The number of likely N-dealkylation sites (tertiary alicyclic amines) is 1. The second kappa shape index (κ2) is 9.02. The van der Waals surface area contributed by atoms with Gasteiger partial charge >= 0.3 is 0 Å². The van der Waals surface area contributed by atoms with Crippen molar-refractivity contribution in [2.75, 3.05) is 13.1 Å². The van der Waals surface area contributed by atoms with E-state index in [-0.39, 0.29) is 18.8 Å². The van der Waals surface area contributed by atoms with Crippen LogP contribution in [0.15, 0.2) is 73.2 Å². The number of aromatic nitrogens is 6. The average Bonchev–Trinajstić information content (AvgIpc) is 3.64. The summed E-state index contributed by atoms with van der Waals surface area (Å²) in [6, 6.07) is 16.2. The van der Waals surface area contributed by atoms with E-state index in [1.165, 1.54) is 6.07 Å². The fourth-order valence-corrected chi connectivity index (χ4v) is 5.23. The van der Waals surface area contributed by atoms with Crippen molar-refractivity contribution in [3.05, 3.63) is 84.6 Å². The second-order valence-corrected chi connectivity index (χ2v) is 9.85. The summed E-state index contributed by atoms with van der Waals surface area (Å²) in [5, 5.41) is 8.39. The number of H-pyrrole nitrogens is 2. The van der Waals surface area contributed by atoms with Gasteiger partial charge in [0.2, 0.25) is 0 Å². The van der Waals surface area contributed by atoms with Gasteiger partial charge < -0.3 is 4.98 Å². The molecule has 7 rings (SSSR count). The Balaban J connectivity index is 1.25. The summed E-state index contributed by atoms with van der Waals surface area (Å²) in [6.45, 7) is 0.561. The molecule has 0 saturated carbocycles. The Hall–Kier alpha value is -4.57. The smallest absolute Gasteiger partial charge is 0.261 e. The summed E-state index contributed by atoms with van der Waals surface area (Å²) in [5.74, 6) is -2.45. The van der Waals surface area contributed by atoms with E-state index in [0.29, 0.717) is 46.9 Å². The number of hydrogen-bond acceptors (Lipinski definition) is 5. The normalized spacial score (nSPS) is 15.5. The first kappa shape index (κ1) is 23.5.